The lowest BCUT2D eigenvalue weighted by Crippen LogP contribution is -2.52. The molecule has 148 valence electrons. The Kier molecular flexibility index (Phi) is 6.15. The van der Waals surface area contributed by atoms with E-state index in [2.05, 4.69) is 5.32 Å². The first kappa shape index (κ1) is 19.8. The summed E-state index contributed by atoms with van der Waals surface area (Å²) in [7, 11) is -3.05. The van der Waals surface area contributed by atoms with E-state index in [4.69, 9.17) is 9.47 Å². The number of benzene rings is 1. The van der Waals surface area contributed by atoms with Gasteiger partial charge >= 0.3 is 0 Å². The van der Waals surface area contributed by atoms with Gasteiger partial charge in [-0.25, -0.2) is 8.42 Å². The molecular formula is C17H22N2O6S2. The molecule has 0 spiro atoms. The average Bonchev–Trinajstić information content (AvgIpc) is 2.65. The van der Waals surface area contributed by atoms with Crippen LogP contribution in [0.2, 0.25) is 0 Å². The Morgan fingerprint density at radius 2 is 1.85 bits per heavy atom. The van der Waals surface area contributed by atoms with Crippen LogP contribution in [0.4, 0.5) is 0 Å². The lowest BCUT2D eigenvalue weighted by Gasteiger charge is -2.29. The molecule has 1 saturated heterocycles. The molecule has 10 heteroatoms. The fourth-order valence-electron chi connectivity index (χ4n) is 2.81. The van der Waals surface area contributed by atoms with Crippen molar-refractivity contribution in [3.05, 3.63) is 18.2 Å². The zero-order chi connectivity index (χ0) is 19.4. The third-order valence-electron chi connectivity index (χ3n) is 4.29. The first-order chi connectivity index (χ1) is 12.8. The number of hydrogen-bond donors (Lipinski definition) is 1. The molecular weight excluding hydrogens is 392 g/mol. The highest BCUT2D eigenvalue weighted by molar-refractivity contribution is 8.00. The van der Waals surface area contributed by atoms with E-state index in [1.807, 2.05) is 18.2 Å². The topological polar surface area (TPSA) is 102 Å². The van der Waals surface area contributed by atoms with Crippen LogP contribution in [-0.4, -0.2) is 74.7 Å². The second kappa shape index (κ2) is 8.39. The number of carbonyl (C=O) groups excluding carboxylic acids is 2. The zero-order valence-corrected chi connectivity index (χ0v) is 16.6. The second-order valence-electron chi connectivity index (χ2n) is 6.36. The Labute approximate surface area is 162 Å². The number of nitrogens with one attached hydrogen (secondary N) is 1. The Morgan fingerprint density at radius 3 is 2.56 bits per heavy atom. The molecule has 2 aliphatic heterocycles. The minimum atomic E-state index is -3.05. The standard InChI is InChI=1S/C17H22N2O6S2/c1-12(17(21)19-4-8-27(22,23)9-5-19)18-16(20)11-26-13-2-3-14-15(10-13)25-7-6-24-14/h2-3,10,12H,4-9,11H2,1H3,(H,18,20). The van der Waals surface area contributed by atoms with Crippen LogP contribution >= 0.6 is 11.8 Å². The molecule has 1 N–H and O–H groups in total. The highest BCUT2D eigenvalue weighted by Crippen LogP contribution is 2.34. The Bertz CT molecular complexity index is 813. The number of carbonyl (C=O) groups is 2. The van der Waals surface area contributed by atoms with E-state index >= 15 is 0 Å². The number of ether oxygens (including phenoxy) is 2. The smallest absolute Gasteiger partial charge is 0.244 e. The van der Waals surface area contributed by atoms with Gasteiger partial charge in [-0.05, 0) is 25.1 Å². The number of nitrogens with zero attached hydrogens (tertiary/aromatic N) is 1. The van der Waals surface area contributed by atoms with Gasteiger partial charge in [-0.3, -0.25) is 9.59 Å². The number of thioether (sulfide) groups is 1. The predicted molar refractivity (Wildman–Crippen MR) is 101 cm³/mol. The van der Waals surface area contributed by atoms with E-state index < -0.39 is 15.9 Å². The van der Waals surface area contributed by atoms with Crippen LogP contribution in [-0.2, 0) is 19.4 Å². The Balaban J connectivity index is 1.46. The predicted octanol–water partition coefficient (Wildman–Crippen LogP) is 0.312. The van der Waals surface area contributed by atoms with Crippen LogP contribution in [0.5, 0.6) is 11.5 Å². The molecule has 0 bridgehead atoms. The third kappa shape index (κ3) is 5.29. The van der Waals surface area contributed by atoms with Gasteiger partial charge in [0.2, 0.25) is 11.8 Å². The molecule has 2 amide bonds. The lowest BCUT2D eigenvalue weighted by atomic mass is 10.2. The van der Waals surface area contributed by atoms with Gasteiger partial charge in [-0.1, -0.05) is 0 Å². The van der Waals surface area contributed by atoms with E-state index in [1.54, 1.807) is 6.92 Å². The zero-order valence-electron chi connectivity index (χ0n) is 15.0. The molecule has 3 rings (SSSR count). The van der Waals surface area contributed by atoms with Crippen molar-refractivity contribution in [3.63, 3.8) is 0 Å². The minimum Gasteiger partial charge on any atom is -0.486 e. The van der Waals surface area contributed by atoms with Crippen LogP contribution in [0.1, 0.15) is 6.92 Å². The van der Waals surface area contributed by atoms with Crippen molar-refractivity contribution in [2.24, 2.45) is 0 Å². The van der Waals surface area contributed by atoms with Crippen LogP contribution in [0.15, 0.2) is 23.1 Å². The van der Waals surface area contributed by atoms with Crippen molar-refractivity contribution in [1.29, 1.82) is 0 Å². The molecule has 1 atom stereocenters. The van der Waals surface area contributed by atoms with Crippen molar-refractivity contribution in [2.75, 3.05) is 43.6 Å². The van der Waals surface area contributed by atoms with Crippen molar-refractivity contribution in [1.82, 2.24) is 10.2 Å². The summed E-state index contributed by atoms with van der Waals surface area (Å²) in [5.74, 6) is 0.931. The highest BCUT2D eigenvalue weighted by atomic mass is 32.2. The molecule has 8 nitrogen and oxygen atoms in total. The maximum absolute atomic E-state index is 12.4. The number of amides is 2. The first-order valence-corrected chi connectivity index (χ1v) is 11.5. The SMILES string of the molecule is CC(NC(=O)CSc1ccc2c(c1)OCCO2)C(=O)N1CCS(=O)(=O)CC1. The van der Waals surface area contributed by atoms with Crippen LogP contribution in [0.3, 0.4) is 0 Å². The molecule has 2 aliphatic rings. The summed E-state index contributed by atoms with van der Waals surface area (Å²) >= 11 is 1.34. The van der Waals surface area contributed by atoms with E-state index in [0.29, 0.717) is 24.7 Å². The molecule has 0 saturated carbocycles. The van der Waals surface area contributed by atoms with Gasteiger partial charge in [-0.15, -0.1) is 11.8 Å². The fraction of sp³-hybridized carbons (Fsp3) is 0.529. The summed E-state index contributed by atoms with van der Waals surface area (Å²) in [6.07, 6.45) is 0. The van der Waals surface area contributed by atoms with Gasteiger partial charge < -0.3 is 19.7 Å². The first-order valence-electron chi connectivity index (χ1n) is 8.65. The van der Waals surface area contributed by atoms with E-state index in [1.165, 1.54) is 16.7 Å². The van der Waals surface area contributed by atoms with E-state index in [0.717, 1.165) is 4.90 Å². The maximum atomic E-state index is 12.4. The van der Waals surface area contributed by atoms with Crippen LogP contribution in [0, 0.1) is 0 Å². The van der Waals surface area contributed by atoms with Gasteiger partial charge in [-0.2, -0.15) is 0 Å². The van der Waals surface area contributed by atoms with E-state index in [9.17, 15) is 18.0 Å². The van der Waals surface area contributed by atoms with Gasteiger partial charge in [0.15, 0.2) is 21.3 Å². The number of rotatable bonds is 5. The molecule has 27 heavy (non-hydrogen) atoms. The van der Waals surface area contributed by atoms with E-state index in [-0.39, 0.29) is 42.2 Å². The third-order valence-corrected chi connectivity index (χ3v) is 6.89. The molecule has 1 aromatic carbocycles. The second-order valence-corrected chi connectivity index (χ2v) is 9.71. The van der Waals surface area contributed by atoms with Gasteiger partial charge in [0.25, 0.3) is 0 Å². The van der Waals surface area contributed by atoms with Crippen molar-refractivity contribution >= 4 is 33.4 Å². The average molecular weight is 415 g/mol. The fourth-order valence-corrected chi connectivity index (χ4v) is 4.75. The summed E-state index contributed by atoms with van der Waals surface area (Å²) in [6.45, 7) is 2.98. The maximum Gasteiger partial charge on any atom is 0.244 e. The molecule has 1 fully saturated rings. The minimum absolute atomic E-state index is 0.0284. The molecule has 0 aromatic heterocycles. The lowest BCUT2D eigenvalue weighted by molar-refractivity contribution is -0.135. The van der Waals surface area contributed by atoms with Gasteiger partial charge in [0.1, 0.15) is 19.3 Å². The van der Waals surface area contributed by atoms with Crippen molar-refractivity contribution in [2.45, 2.75) is 17.9 Å². The Morgan fingerprint density at radius 1 is 1.19 bits per heavy atom. The highest BCUT2D eigenvalue weighted by Gasteiger charge is 2.28. The van der Waals surface area contributed by atoms with Crippen LogP contribution < -0.4 is 14.8 Å². The molecule has 2 heterocycles. The molecule has 0 aliphatic carbocycles. The number of hydrogen-bond acceptors (Lipinski definition) is 7. The van der Waals surface area contributed by atoms with Gasteiger partial charge in [0, 0.05) is 18.0 Å². The largest absolute Gasteiger partial charge is 0.486 e. The molecule has 1 aromatic rings. The van der Waals surface area contributed by atoms with Crippen molar-refractivity contribution in [3.8, 4) is 11.5 Å². The summed E-state index contributed by atoms with van der Waals surface area (Å²) in [5.41, 5.74) is 0. The summed E-state index contributed by atoms with van der Waals surface area (Å²) in [4.78, 5) is 26.9. The monoisotopic (exact) mass is 414 g/mol. The number of sulfone groups is 1. The molecule has 0 radical (unpaired) electrons. The number of fused-ring (bicyclic) bond motifs is 1. The summed E-state index contributed by atoms with van der Waals surface area (Å²) in [6, 6.07) is 4.80. The quantitative estimate of drug-likeness (QED) is 0.692. The van der Waals surface area contributed by atoms with Crippen molar-refractivity contribution < 1.29 is 27.5 Å². The normalized spacial score (nSPS) is 19.2. The van der Waals surface area contributed by atoms with Gasteiger partial charge in [0.05, 0.1) is 17.3 Å². The van der Waals surface area contributed by atoms with Crippen LogP contribution in [0.25, 0.3) is 0 Å². The molecule has 1 unspecified atom stereocenters. The summed E-state index contributed by atoms with van der Waals surface area (Å²) in [5, 5.41) is 2.67. The summed E-state index contributed by atoms with van der Waals surface area (Å²) < 4.78 is 33.9. The Hall–Kier alpha value is -1.94.